The standard InChI is InChI=1S/C9H7FN2O2/c1-2-14-9(13)7-5-12-4-6(3-11)8(7)10/h4-5H,2H2,1H3. The van der Waals surface area contributed by atoms with Crippen LogP contribution in [0.4, 0.5) is 4.39 Å². The number of esters is 1. The van der Waals surface area contributed by atoms with Gasteiger partial charge in [-0.2, -0.15) is 5.26 Å². The molecule has 0 atom stereocenters. The summed E-state index contributed by atoms with van der Waals surface area (Å²) >= 11 is 0. The maximum atomic E-state index is 13.3. The molecule has 0 fully saturated rings. The van der Waals surface area contributed by atoms with Crippen molar-refractivity contribution in [3.63, 3.8) is 0 Å². The molecule has 0 saturated carbocycles. The third kappa shape index (κ3) is 1.85. The molecule has 0 aliphatic heterocycles. The Bertz CT molecular complexity index is 398. The molecular formula is C9H7FN2O2. The number of carbonyl (C=O) groups is 1. The molecule has 1 aromatic heterocycles. The molecule has 0 aliphatic rings. The highest BCUT2D eigenvalue weighted by atomic mass is 19.1. The number of rotatable bonds is 2. The summed E-state index contributed by atoms with van der Waals surface area (Å²) in [7, 11) is 0. The average Bonchev–Trinajstić information content (AvgIpc) is 2.18. The van der Waals surface area contributed by atoms with E-state index in [0.29, 0.717) is 0 Å². The van der Waals surface area contributed by atoms with E-state index in [0.717, 1.165) is 12.4 Å². The van der Waals surface area contributed by atoms with E-state index in [2.05, 4.69) is 9.72 Å². The summed E-state index contributed by atoms with van der Waals surface area (Å²) in [4.78, 5) is 14.7. The molecule has 1 rings (SSSR count). The zero-order valence-corrected chi connectivity index (χ0v) is 7.45. The van der Waals surface area contributed by atoms with Gasteiger partial charge in [0.05, 0.1) is 6.61 Å². The van der Waals surface area contributed by atoms with Crippen molar-refractivity contribution in [2.75, 3.05) is 6.61 Å². The summed E-state index contributed by atoms with van der Waals surface area (Å²) in [5.41, 5.74) is -0.582. The first kappa shape index (κ1) is 10.1. The molecule has 14 heavy (non-hydrogen) atoms. The lowest BCUT2D eigenvalue weighted by Crippen LogP contribution is -2.08. The molecule has 0 aliphatic carbocycles. The number of aromatic nitrogens is 1. The average molecular weight is 194 g/mol. The van der Waals surface area contributed by atoms with Crippen LogP contribution < -0.4 is 0 Å². The van der Waals surface area contributed by atoms with Gasteiger partial charge in [0, 0.05) is 12.4 Å². The van der Waals surface area contributed by atoms with Crippen molar-refractivity contribution in [2.45, 2.75) is 6.92 Å². The number of ether oxygens (including phenoxy) is 1. The maximum absolute atomic E-state index is 13.3. The van der Waals surface area contributed by atoms with Gasteiger partial charge in [-0.05, 0) is 6.92 Å². The van der Waals surface area contributed by atoms with E-state index in [4.69, 9.17) is 5.26 Å². The fraction of sp³-hybridized carbons (Fsp3) is 0.222. The molecule has 1 heterocycles. The molecule has 5 heteroatoms. The molecule has 0 spiro atoms. The van der Waals surface area contributed by atoms with E-state index in [1.807, 2.05) is 0 Å². The van der Waals surface area contributed by atoms with Gasteiger partial charge < -0.3 is 4.74 Å². The van der Waals surface area contributed by atoms with E-state index in [9.17, 15) is 9.18 Å². The molecule has 0 saturated heterocycles. The number of nitrogens with zero attached hydrogens (tertiary/aromatic N) is 2. The van der Waals surface area contributed by atoms with E-state index in [-0.39, 0.29) is 17.7 Å². The van der Waals surface area contributed by atoms with Crippen molar-refractivity contribution in [3.05, 3.63) is 29.3 Å². The van der Waals surface area contributed by atoms with Crippen molar-refractivity contribution in [3.8, 4) is 6.07 Å². The Hall–Kier alpha value is -1.96. The van der Waals surface area contributed by atoms with Crippen LogP contribution in [0.1, 0.15) is 22.8 Å². The first-order valence-electron chi connectivity index (χ1n) is 3.91. The van der Waals surface area contributed by atoms with Crippen molar-refractivity contribution in [1.29, 1.82) is 5.26 Å². The van der Waals surface area contributed by atoms with Crippen LogP contribution in [-0.2, 0) is 4.74 Å². The lowest BCUT2D eigenvalue weighted by molar-refractivity contribution is 0.0520. The molecule has 0 bridgehead atoms. The van der Waals surface area contributed by atoms with Crippen LogP contribution in [0.25, 0.3) is 0 Å². The Labute approximate surface area is 79.9 Å². The Morgan fingerprint density at radius 3 is 3.00 bits per heavy atom. The predicted octanol–water partition coefficient (Wildman–Crippen LogP) is 1.27. The predicted molar refractivity (Wildman–Crippen MR) is 44.9 cm³/mol. The van der Waals surface area contributed by atoms with Crippen LogP contribution in [0, 0.1) is 17.1 Å². The minimum Gasteiger partial charge on any atom is -0.462 e. The van der Waals surface area contributed by atoms with E-state index in [1.165, 1.54) is 0 Å². The number of hydrogen-bond donors (Lipinski definition) is 0. The Morgan fingerprint density at radius 2 is 2.43 bits per heavy atom. The summed E-state index contributed by atoms with van der Waals surface area (Å²) in [6.07, 6.45) is 2.09. The first-order valence-corrected chi connectivity index (χ1v) is 3.91. The van der Waals surface area contributed by atoms with E-state index < -0.39 is 11.8 Å². The maximum Gasteiger partial charge on any atom is 0.342 e. The molecule has 0 N–H and O–H groups in total. The van der Waals surface area contributed by atoms with Gasteiger partial charge in [-0.15, -0.1) is 0 Å². The van der Waals surface area contributed by atoms with Gasteiger partial charge in [0.15, 0.2) is 5.82 Å². The molecular weight excluding hydrogens is 187 g/mol. The van der Waals surface area contributed by atoms with Gasteiger partial charge in [0.25, 0.3) is 0 Å². The second-order valence-corrected chi connectivity index (χ2v) is 2.38. The molecule has 0 unspecified atom stereocenters. The van der Waals surface area contributed by atoms with Crippen LogP contribution in [0.3, 0.4) is 0 Å². The van der Waals surface area contributed by atoms with Gasteiger partial charge in [-0.25, -0.2) is 9.18 Å². The minimum absolute atomic E-state index is 0.148. The third-order valence-electron chi connectivity index (χ3n) is 1.50. The van der Waals surface area contributed by atoms with Gasteiger partial charge in [0.2, 0.25) is 0 Å². The van der Waals surface area contributed by atoms with Gasteiger partial charge in [0.1, 0.15) is 17.2 Å². The largest absolute Gasteiger partial charge is 0.462 e. The molecule has 4 nitrogen and oxygen atoms in total. The highest BCUT2D eigenvalue weighted by molar-refractivity contribution is 5.89. The molecule has 1 aromatic rings. The highest BCUT2D eigenvalue weighted by Crippen LogP contribution is 2.11. The fourth-order valence-corrected chi connectivity index (χ4v) is 0.874. The molecule has 0 amide bonds. The summed E-state index contributed by atoms with van der Waals surface area (Å²) in [6.45, 7) is 1.76. The van der Waals surface area contributed by atoms with Gasteiger partial charge in [-0.3, -0.25) is 4.98 Å². The zero-order valence-electron chi connectivity index (χ0n) is 7.45. The third-order valence-corrected chi connectivity index (χ3v) is 1.50. The quantitative estimate of drug-likeness (QED) is 0.665. The lowest BCUT2D eigenvalue weighted by Gasteiger charge is -2.02. The summed E-state index contributed by atoms with van der Waals surface area (Å²) in [5.74, 6) is -1.70. The Morgan fingerprint density at radius 1 is 1.71 bits per heavy atom. The van der Waals surface area contributed by atoms with Gasteiger partial charge in [-0.1, -0.05) is 0 Å². The SMILES string of the molecule is CCOC(=O)c1cncc(C#N)c1F. The first-order chi connectivity index (χ1) is 6.70. The zero-order chi connectivity index (χ0) is 10.6. The lowest BCUT2D eigenvalue weighted by atomic mass is 10.2. The monoisotopic (exact) mass is 194 g/mol. The topological polar surface area (TPSA) is 63.0 Å². The number of hydrogen-bond acceptors (Lipinski definition) is 4. The van der Waals surface area contributed by atoms with Crippen LogP contribution in [-0.4, -0.2) is 17.6 Å². The second kappa shape index (κ2) is 4.33. The summed E-state index contributed by atoms with van der Waals surface area (Å²) in [6, 6.07) is 1.59. The molecule has 0 radical (unpaired) electrons. The number of carbonyl (C=O) groups excluding carboxylic acids is 1. The van der Waals surface area contributed by atoms with Crippen molar-refractivity contribution in [1.82, 2.24) is 4.98 Å². The van der Waals surface area contributed by atoms with Crippen LogP contribution in [0.2, 0.25) is 0 Å². The minimum atomic E-state index is -0.888. The van der Waals surface area contributed by atoms with Crippen LogP contribution in [0.15, 0.2) is 12.4 Å². The molecule has 0 aromatic carbocycles. The Kier molecular flexibility index (Phi) is 3.13. The number of pyridine rings is 1. The second-order valence-electron chi connectivity index (χ2n) is 2.38. The van der Waals surface area contributed by atoms with Crippen LogP contribution >= 0.6 is 0 Å². The number of nitriles is 1. The number of halogens is 1. The van der Waals surface area contributed by atoms with E-state index >= 15 is 0 Å². The normalized spacial score (nSPS) is 9.21. The Balaban J connectivity index is 3.11. The van der Waals surface area contributed by atoms with Crippen molar-refractivity contribution < 1.29 is 13.9 Å². The van der Waals surface area contributed by atoms with Crippen molar-refractivity contribution in [2.24, 2.45) is 0 Å². The van der Waals surface area contributed by atoms with Crippen LogP contribution in [0.5, 0.6) is 0 Å². The summed E-state index contributed by atoms with van der Waals surface area (Å²) in [5, 5.41) is 8.47. The van der Waals surface area contributed by atoms with Crippen molar-refractivity contribution >= 4 is 5.97 Å². The van der Waals surface area contributed by atoms with E-state index in [1.54, 1.807) is 13.0 Å². The molecule has 72 valence electrons. The smallest absolute Gasteiger partial charge is 0.342 e. The fourth-order valence-electron chi connectivity index (χ4n) is 0.874. The van der Waals surface area contributed by atoms with Gasteiger partial charge >= 0.3 is 5.97 Å². The summed E-state index contributed by atoms with van der Waals surface area (Å²) < 4.78 is 17.9. The highest BCUT2D eigenvalue weighted by Gasteiger charge is 2.16.